The van der Waals surface area contributed by atoms with Gasteiger partial charge in [-0.05, 0) is 106 Å². The van der Waals surface area contributed by atoms with Gasteiger partial charge in [-0.25, -0.2) is 4.79 Å². The van der Waals surface area contributed by atoms with Gasteiger partial charge in [-0.3, -0.25) is 0 Å². The van der Waals surface area contributed by atoms with Gasteiger partial charge in [0.1, 0.15) is 0 Å². The highest BCUT2D eigenvalue weighted by Crippen LogP contribution is 2.70. The highest BCUT2D eigenvalue weighted by molar-refractivity contribution is 5.28. The Morgan fingerprint density at radius 1 is 1.09 bits per heavy atom. The molecule has 0 radical (unpaired) electrons. The van der Waals surface area contributed by atoms with Crippen molar-refractivity contribution in [2.24, 2.45) is 28.6 Å². The van der Waals surface area contributed by atoms with Crippen LogP contribution in [-0.4, -0.2) is 42.8 Å². The summed E-state index contributed by atoms with van der Waals surface area (Å²) in [6.07, 6.45) is 12.9. The highest BCUT2D eigenvalue weighted by atomic mass is 16.4. The lowest BCUT2D eigenvalue weighted by atomic mass is 9.44. The molecule has 182 valence electrons. The summed E-state index contributed by atoms with van der Waals surface area (Å²) >= 11 is 0. The zero-order valence-electron chi connectivity index (χ0n) is 20.9. The van der Waals surface area contributed by atoms with Crippen molar-refractivity contribution in [1.29, 1.82) is 0 Å². The van der Waals surface area contributed by atoms with E-state index in [1.165, 1.54) is 31.0 Å². The molecule has 0 spiro atoms. The summed E-state index contributed by atoms with van der Waals surface area (Å²) < 4.78 is 5.22. The molecule has 7 atom stereocenters. The minimum absolute atomic E-state index is 0.152. The quantitative estimate of drug-likeness (QED) is 0.685. The van der Waals surface area contributed by atoms with E-state index in [9.17, 15) is 9.90 Å². The summed E-state index contributed by atoms with van der Waals surface area (Å²) in [7, 11) is 4.25. The second-order valence-corrected chi connectivity index (χ2v) is 12.2. The normalized spacial score (nSPS) is 42.3. The maximum Gasteiger partial charge on any atom is 0.335 e. The third-order valence-electron chi connectivity index (χ3n) is 10.5. The van der Waals surface area contributed by atoms with Crippen molar-refractivity contribution < 1.29 is 9.52 Å². The van der Waals surface area contributed by atoms with Crippen LogP contribution in [0.5, 0.6) is 0 Å². The number of nitrogens with zero attached hydrogens (tertiary/aromatic N) is 1. The third kappa shape index (κ3) is 3.61. The van der Waals surface area contributed by atoms with Crippen LogP contribution in [-0.2, 0) is 0 Å². The van der Waals surface area contributed by atoms with E-state index in [1.54, 1.807) is 6.26 Å². The van der Waals surface area contributed by atoms with Gasteiger partial charge in [0, 0.05) is 30.3 Å². The van der Waals surface area contributed by atoms with Crippen LogP contribution >= 0.6 is 0 Å². The summed E-state index contributed by atoms with van der Waals surface area (Å²) in [5.74, 6) is 1.83. The third-order valence-corrected chi connectivity index (χ3v) is 10.5. The molecule has 33 heavy (non-hydrogen) atoms. The van der Waals surface area contributed by atoms with E-state index in [0.717, 1.165) is 50.8 Å². The number of hydrogen-bond donors (Lipinski definition) is 2. The molecule has 1 aromatic rings. The minimum Gasteiger partial charge on any atom is -0.431 e. The average molecular weight is 455 g/mol. The zero-order chi connectivity index (χ0) is 23.4. The fourth-order valence-corrected chi connectivity index (χ4v) is 8.52. The molecule has 1 aromatic heterocycles. The Bertz CT molecular complexity index is 950. The molecule has 0 aliphatic heterocycles. The van der Waals surface area contributed by atoms with E-state index in [1.807, 2.05) is 6.07 Å². The first kappa shape index (κ1) is 23.2. The molecule has 4 aliphatic carbocycles. The number of nitrogens with one attached hydrogen (secondary N) is 1. The Morgan fingerprint density at radius 3 is 2.64 bits per heavy atom. The highest BCUT2D eigenvalue weighted by Gasteiger charge is 2.67. The number of hydrogen-bond acceptors (Lipinski definition) is 5. The first-order valence-corrected chi connectivity index (χ1v) is 13.1. The smallest absolute Gasteiger partial charge is 0.335 e. The summed E-state index contributed by atoms with van der Waals surface area (Å²) in [5, 5.41) is 16.0. The Hall–Kier alpha value is -1.59. The van der Waals surface area contributed by atoms with Gasteiger partial charge in [0.25, 0.3) is 0 Å². The average Bonchev–Trinajstić information content (AvgIpc) is 3.05. The molecule has 4 aliphatic rings. The van der Waals surface area contributed by atoms with Gasteiger partial charge in [0.15, 0.2) is 0 Å². The second-order valence-electron chi connectivity index (χ2n) is 12.2. The zero-order valence-corrected chi connectivity index (χ0v) is 20.9. The lowest BCUT2D eigenvalue weighted by Gasteiger charge is -2.62. The monoisotopic (exact) mass is 454 g/mol. The fraction of sp³-hybridized carbons (Fsp3) is 0.750. The van der Waals surface area contributed by atoms with E-state index in [4.69, 9.17) is 4.42 Å². The minimum atomic E-state index is -0.626. The van der Waals surface area contributed by atoms with Gasteiger partial charge in [0.05, 0.1) is 11.9 Å². The van der Waals surface area contributed by atoms with Gasteiger partial charge < -0.3 is 19.7 Å². The Balaban J connectivity index is 1.37. The topological polar surface area (TPSA) is 65.7 Å². The first-order chi connectivity index (χ1) is 15.7. The molecule has 0 saturated heterocycles. The first-order valence-electron chi connectivity index (χ1n) is 13.1. The van der Waals surface area contributed by atoms with Crippen LogP contribution in [0.3, 0.4) is 0 Å². The van der Waals surface area contributed by atoms with Crippen LogP contribution < -0.4 is 10.9 Å². The number of likely N-dealkylation sites (N-methyl/N-ethyl adjacent to an activating group) is 1. The van der Waals surface area contributed by atoms with Gasteiger partial charge in [-0.1, -0.05) is 19.9 Å². The molecule has 5 heteroatoms. The molecule has 5 rings (SSSR count). The van der Waals surface area contributed by atoms with Crippen LogP contribution in [0, 0.1) is 28.6 Å². The predicted octanol–water partition coefficient (Wildman–Crippen LogP) is 4.53. The lowest BCUT2D eigenvalue weighted by molar-refractivity contribution is -0.193. The largest absolute Gasteiger partial charge is 0.431 e. The maximum atomic E-state index is 12.4. The molecule has 5 nitrogen and oxygen atoms in total. The van der Waals surface area contributed by atoms with Gasteiger partial charge in [-0.15, -0.1) is 0 Å². The molecule has 2 N–H and O–H groups in total. The number of allylic oxidation sites excluding steroid dienone is 2. The van der Waals surface area contributed by atoms with Gasteiger partial charge in [0.2, 0.25) is 0 Å². The Kier molecular flexibility index (Phi) is 5.80. The Morgan fingerprint density at radius 2 is 1.91 bits per heavy atom. The summed E-state index contributed by atoms with van der Waals surface area (Å²) in [4.78, 5) is 13.7. The van der Waals surface area contributed by atoms with Crippen molar-refractivity contribution in [2.75, 3.05) is 27.2 Å². The molecule has 3 saturated carbocycles. The van der Waals surface area contributed by atoms with Gasteiger partial charge in [-0.2, -0.15) is 0 Å². The van der Waals surface area contributed by atoms with Crippen molar-refractivity contribution in [1.82, 2.24) is 10.2 Å². The molecule has 0 amide bonds. The number of rotatable bonds is 5. The number of fused-ring (bicyclic) bond motifs is 5. The maximum absolute atomic E-state index is 12.4. The molecule has 3 fully saturated rings. The van der Waals surface area contributed by atoms with Crippen LogP contribution in [0.1, 0.15) is 76.7 Å². The van der Waals surface area contributed by atoms with Crippen LogP contribution in [0.2, 0.25) is 0 Å². The van der Waals surface area contributed by atoms with E-state index in [2.05, 4.69) is 44.2 Å². The standard InChI is InChI=1S/C28H42N2O3/c1-26-12-9-21(29-15-16-30(3)4)17-20(26)6-7-24-23(26)10-13-27(2)22(11-14-28(24,27)32)19-5-8-25(31)33-18-19/h5,8,17-18,20,22-24,29,32H,6-7,9-16H2,1-4H3/t20?,22-,23?,24?,26+,27-,28+/m1/s1. The molecule has 1 heterocycles. The Labute approximate surface area is 198 Å². The lowest BCUT2D eigenvalue weighted by Crippen LogP contribution is -2.61. The second kappa shape index (κ2) is 8.27. The van der Waals surface area contributed by atoms with Crippen molar-refractivity contribution in [3.8, 4) is 0 Å². The van der Waals surface area contributed by atoms with Crippen LogP contribution in [0.4, 0.5) is 0 Å². The summed E-state index contributed by atoms with van der Waals surface area (Å²) in [5.41, 5.74) is 1.72. The number of aliphatic hydroxyl groups is 1. The van der Waals surface area contributed by atoms with Gasteiger partial charge >= 0.3 is 5.63 Å². The van der Waals surface area contributed by atoms with Crippen LogP contribution in [0.15, 0.2) is 39.4 Å². The van der Waals surface area contributed by atoms with Crippen molar-refractivity contribution >= 4 is 0 Å². The van der Waals surface area contributed by atoms with Crippen molar-refractivity contribution in [3.63, 3.8) is 0 Å². The summed E-state index contributed by atoms with van der Waals surface area (Å²) in [6.45, 7) is 6.90. The molecule has 0 aromatic carbocycles. The fourth-order valence-electron chi connectivity index (χ4n) is 8.52. The van der Waals surface area contributed by atoms with Crippen LogP contribution in [0.25, 0.3) is 0 Å². The van der Waals surface area contributed by atoms with E-state index in [-0.39, 0.29) is 22.4 Å². The predicted molar refractivity (Wildman–Crippen MR) is 131 cm³/mol. The molecule has 0 bridgehead atoms. The SMILES string of the molecule is CN(C)CCNC1=CC2CCC3C(CC[C@]4(C)[C@@H](c5ccc(=O)oc5)CC[C@]34O)[C@@]2(C)CC1. The van der Waals surface area contributed by atoms with E-state index in [0.29, 0.717) is 17.8 Å². The molecule has 3 unspecified atom stereocenters. The molecular formula is C28H42N2O3. The van der Waals surface area contributed by atoms with E-state index < -0.39 is 5.60 Å². The van der Waals surface area contributed by atoms with Crippen molar-refractivity contribution in [3.05, 3.63) is 46.2 Å². The molecular weight excluding hydrogens is 412 g/mol. The van der Waals surface area contributed by atoms with E-state index >= 15 is 0 Å². The summed E-state index contributed by atoms with van der Waals surface area (Å²) in [6, 6.07) is 3.46. The van der Waals surface area contributed by atoms with Crippen molar-refractivity contribution in [2.45, 2.75) is 76.7 Å².